The lowest BCUT2D eigenvalue weighted by molar-refractivity contribution is -0.147. The van der Waals surface area contributed by atoms with Gasteiger partial charge in [0.25, 0.3) is 0 Å². The first-order valence-corrected chi connectivity index (χ1v) is 13.0. The van der Waals surface area contributed by atoms with Gasteiger partial charge in [0, 0.05) is 11.8 Å². The lowest BCUT2D eigenvalue weighted by Gasteiger charge is -2.52. The van der Waals surface area contributed by atoms with E-state index in [2.05, 4.69) is 41.2 Å². The van der Waals surface area contributed by atoms with Gasteiger partial charge in [0.15, 0.2) is 6.29 Å². The molecule has 0 aromatic heterocycles. The predicted molar refractivity (Wildman–Crippen MR) is 125 cm³/mol. The Hall–Kier alpha value is -0.670. The zero-order chi connectivity index (χ0) is 22.8. The van der Waals surface area contributed by atoms with Crippen LogP contribution in [-0.4, -0.2) is 28.2 Å². The molecule has 4 aliphatic rings. The standard InChI is InChI=1S/C28H46O3/c1-17(2)18(3)7-8-19(4)21-9-10-22-25-23(12-14-26(21,22)5)27(6)13-11-20(30)15-24(27)28(25,31)16-29/h16-17,19-25,30-31H,3,7-15H2,1-2,4-6H3/t19-,20+,21-,22+,23+,24-,25+,26-,27-,28?/m1/s1. The minimum atomic E-state index is -1.27. The molecule has 0 amide bonds. The third-order valence-electron chi connectivity index (χ3n) is 11.2. The summed E-state index contributed by atoms with van der Waals surface area (Å²) in [6, 6.07) is 0. The number of fused-ring (bicyclic) bond motifs is 5. The van der Waals surface area contributed by atoms with E-state index in [-0.39, 0.29) is 28.8 Å². The quantitative estimate of drug-likeness (QED) is 0.414. The van der Waals surface area contributed by atoms with Crippen molar-refractivity contribution < 1.29 is 15.0 Å². The first-order valence-electron chi connectivity index (χ1n) is 13.0. The van der Waals surface area contributed by atoms with E-state index in [1.807, 2.05) is 0 Å². The molecule has 176 valence electrons. The minimum Gasteiger partial charge on any atom is -0.393 e. The predicted octanol–water partition coefficient (Wildman–Crippen LogP) is 5.78. The van der Waals surface area contributed by atoms with E-state index in [1.165, 1.54) is 24.8 Å². The van der Waals surface area contributed by atoms with E-state index in [0.717, 1.165) is 38.4 Å². The van der Waals surface area contributed by atoms with E-state index >= 15 is 0 Å². The Morgan fingerprint density at radius 1 is 1.06 bits per heavy atom. The molecule has 4 fully saturated rings. The van der Waals surface area contributed by atoms with Gasteiger partial charge in [-0.05, 0) is 98.2 Å². The Labute approximate surface area is 190 Å². The highest BCUT2D eigenvalue weighted by molar-refractivity contribution is 5.65. The number of aliphatic hydroxyl groups is 2. The summed E-state index contributed by atoms with van der Waals surface area (Å²) in [6.45, 7) is 16.0. The maximum atomic E-state index is 12.5. The number of rotatable bonds is 6. The summed E-state index contributed by atoms with van der Waals surface area (Å²) in [5.41, 5.74) is 0.285. The van der Waals surface area contributed by atoms with Gasteiger partial charge in [0.05, 0.1) is 6.10 Å². The molecule has 2 N–H and O–H groups in total. The smallest absolute Gasteiger partial charge is 0.152 e. The molecule has 0 heterocycles. The maximum absolute atomic E-state index is 12.5. The van der Waals surface area contributed by atoms with Gasteiger partial charge in [-0.2, -0.15) is 0 Å². The van der Waals surface area contributed by atoms with E-state index in [1.54, 1.807) is 0 Å². The molecule has 10 atom stereocenters. The van der Waals surface area contributed by atoms with Crippen molar-refractivity contribution >= 4 is 6.29 Å². The van der Waals surface area contributed by atoms with Crippen LogP contribution in [0.15, 0.2) is 12.2 Å². The molecule has 0 aliphatic heterocycles. The molecular weight excluding hydrogens is 384 g/mol. The summed E-state index contributed by atoms with van der Waals surface area (Å²) in [6.07, 6.45) is 9.87. The van der Waals surface area contributed by atoms with Gasteiger partial charge in [-0.25, -0.2) is 0 Å². The highest BCUT2D eigenvalue weighted by Crippen LogP contribution is 2.72. The largest absolute Gasteiger partial charge is 0.393 e. The van der Waals surface area contributed by atoms with Crippen LogP contribution in [-0.2, 0) is 4.79 Å². The van der Waals surface area contributed by atoms with E-state index in [4.69, 9.17) is 0 Å². The highest BCUT2D eigenvalue weighted by atomic mass is 16.3. The van der Waals surface area contributed by atoms with Gasteiger partial charge >= 0.3 is 0 Å². The Bertz CT molecular complexity index is 715. The Kier molecular flexibility index (Phi) is 6.04. The number of allylic oxidation sites excluding steroid dienone is 1. The second-order valence-corrected chi connectivity index (χ2v) is 12.8. The zero-order valence-corrected chi connectivity index (χ0v) is 20.6. The molecule has 0 bridgehead atoms. The fourth-order valence-electron chi connectivity index (χ4n) is 9.27. The van der Waals surface area contributed by atoms with Crippen molar-refractivity contribution in [3.05, 3.63) is 12.2 Å². The number of aliphatic hydroxyl groups excluding tert-OH is 1. The number of carbonyl (C=O) groups excluding carboxylic acids is 1. The van der Waals surface area contributed by atoms with Crippen LogP contribution in [0.4, 0.5) is 0 Å². The lowest BCUT2D eigenvalue weighted by Crippen LogP contribution is -2.52. The van der Waals surface area contributed by atoms with Crippen LogP contribution >= 0.6 is 0 Å². The summed E-state index contributed by atoms with van der Waals surface area (Å²) in [7, 11) is 0. The fourth-order valence-corrected chi connectivity index (χ4v) is 9.27. The van der Waals surface area contributed by atoms with Crippen LogP contribution in [0.3, 0.4) is 0 Å². The summed E-state index contributed by atoms with van der Waals surface area (Å²) in [4.78, 5) is 12.5. The first kappa shape index (κ1) is 23.5. The number of hydrogen-bond donors (Lipinski definition) is 2. The molecule has 4 rings (SSSR count). The van der Waals surface area contributed by atoms with E-state index < -0.39 is 5.60 Å². The molecular formula is C28H46O3. The maximum Gasteiger partial charge on any atom is 0.152 e. The SMILES string of the molecule is C=C(CC[C@@H](C)[C@H]1CC[C@H]2[C@H]3[C@H](CC[C@]12C)[C@@]1(C)CC[C@H](O)C[C@H]1C3(O)C=O)C(C)C. The van der Waals surface area contributed by atoms with Crippen molar-refractivity contribution in [3.8, 4) is 0 Å². The number of aldehydes is 1. The van der Waals surface area contributed by atoms with E-state index in [9.17, 15) is 15.0 Å². The topological polar surface area (TPSA) is 57.5 Å². The summed E-state index contributed by atoms with van der Waals surface area (Å²) in [5.74, 6) is 2.66. The van der Waals surface area contributed by atoms with Crippen LogP contribution in [0, 0.1) is 52.3 Å². The second-order valence-electron chi connectivity index (χ2n) is 12.8. The molecule has 0 saturated heterocycles. The molecule has 3 nitrogen and oxygen atoms in total. The van der Waals surface area contributed by atoms with Gasteiger partial charge < -0.3 is 15.0 Å². The van der Waals surface area contributed by atoms with Crippen LogP contribution in [0.25, 0.3) is 0 Å². The van der Waals surface area contributed by atoms with Crippen molar-refractivity contribution in [2.75, 3.05) is 0 Å². The molecule has 3 heteroatoms. The molecule has 1 unspecified atom stereocenters. The number of hydrogen-bond acceptors (Lipinski definition) is 3. The molecule has 0 aromatic rings. The van der Waals surface area contributed by atoms with Crippen molar-refractivity contribution in [1.29, 1.82) is 0 Å². The van der Waals surface area contributed by atoms with Crippen LogP contribution in [0.1, 0.15) is 92.4 Å². The summed E-state index contributed by atoms with van der Waals surface area (Å²) in [5, 5.41) is 22.3. The zero-order valence-electron chi connectivity index (χ0n) is 20.6. The van der Waals surface area contributed by atoms with Gasteiger partial charge in [-0.3, -0.25) is 0 Å². The molecule has 4 saturated carbocycles. The summed E-state index contributed by atoms with van der Waals surface area (Å²) >= 11 is 0. The fraction of sp³-hybridized carbons (Fsp3) is 0.893. The monoisotopic (exact) mass is 430 g/mol. The van der Waals surface area contributed by atoms with Gasteiger partial charge in [-0.1, -0.05) is 46.8 Å². The van der Waals surface area contributed by atoms with Crippen LogP contribution in [0.2, 0.25) is 0 Å². The van der Waals surface area contributed by atoms with Gasteiger partial charge in [0.2, 0.25) is 0 Å². The van der Waals surface area contributed by atoms with Gasteiger partial charge in [0.1, 0.15) is 5.60 Å². The molecule has 4 aliphatic carbocycles. The molecule has 31 heavy (non-hydrogen) atoms. The number of carbonyl (C=O) groups is 1. The first-order chi connectivity index (χ1) is 14.5. The Morgan fingerprint density at radius 2 is 1.71 bits per heavy atom. The Balaban J connectivity index is 1.60. The second kappa shape index (κ2) is 7.97. The van der Waals surface area contributed by atoms with E-state index in [0.29, 0.717) is 36.0 Å². The molecule has 0 aromatic carbocycles. The summed E-state index contributed by atoms with van der Waals surface area (Å²) < 4.78 is 0. The van der Waals surface area contributed by atoms with Crippen LogP contribution < -0.4 is 0 Å². The average Bonchev–Trinajstić information content (AvgIpc) is 3.17. The third kappa shape index (κ3) is 3.39. The molecule has 0 spiro atoms. The lowest BCUT2D eigenvalue weighted by atomic mass is 9.53. The minimum absolute atomic E-state index is 0.0143. The third-order valence-corrected chi connectivity index (χ3v) is 11.2. The normalized spacial score (nSPS) is 49.9. The van der Waals surface area contributed by atoms with Crippen LogP contribution in [0.5, 0.6) is 0 Å². The average molecular weight is 431 g/mol. The molecule has 0 radical (unpaired) electrons. The highest BCUT2D eigenvalue weighted by Gasteiger charge is 2.71. The van der Waals surface area contributed by atoms with Crippen molar-refractivity contribution in [2.45, 2.75) is 104 Å². The Morgan fingerprint density at radius 3 is 2.35 bits per heavy atom. The van der Waals surface area contributed by atoms with Crippen molar-refractivity contribution in [3.63, 3.8) is 0 Å². The van der Waals surface area contributed by atoms with Gasteiger partial charge in [-0.15, -0.1) is 0 Å². The van der Waals surface area contributed by atoms with Crippen molar-refractivity contribution in [1.82, 2.24) is 0 Å². The van der Waals surface area contributed by atoms with Crippen molar-refractivity contribution in [2.24, 2.45) is 52.3 Å².